The number of fused-ring (bicyclic) bond motifs is 1. The van der Waals surface area contributed by atoms with E-state index in [1.807, 2.05) is 34.0 Å². The monoisotopic (exact) mass is 400 g/mol. The van der Waals surface area contributed by atoms with Gasteiger partial charge in [0.05, 0.1) is 34.8 Å². The molecule has 1 aromatic heterocycles. The number of benzene rings is 2. The van der Waals surface area contributed by atoms with Crippen molar-refractivity contribution in [1.29, 1.82) is 5.26 Å². The number of nitrogens with zero attached hydrogens (tertiary/aromatic N) is 4. The largest absolute Gasteiger partial charge is 0.335 e. The van der Waals surface area contributed by atoms with Crippen LogP contribution in [-0.2, 0) is 11.3 Å². The van der Waals surface area contributed by atoms with Crippen LogP contribution in [0.5, 0.6) is 0 Å². The first-order valence-corrected chi connectivity index (χ1v) is 10.4. The van der Waals surface area contributed by atoms with Gasteiger partial charge in [-0.15, -0.1) is 0 Å². The van der Waals surface area contributed by atoms with Crippen LogP contribution in [0.4, 0.5) is 4.39 Å². The standard InChI is InChI=1S/C24H21FN4O/c25-19-4-2-17(3-5-19)20-7-8-28(20)22(30)24-12-23(13-24,14-24)15-29-21-6-1-16(10-26)9-18(21)11-27-29/h1-6,9,11,20H,7-8,12-15H2. The van der Waals surface area contributed by atoms with Crippen molar-refractivity contribution >= 4 is 16.8 Å². The Balaban J connectivity index is 1.14. The molecule has 150 valence electrons. The molecule has 5 nitrogen and oxygen atoms in total. The van der Waals surface area contributed by atoms with Gasteiger partial charge in [-0.1, -0.05) is 12.1 Å². The van der Waals surface area contributed by atoms with Crippen molar-refractivity contribution in [1.82, 2.24) is 14.7 Å². The molecule has 1 aliphatic heterocycles. The Morgan fingerprint density at radius 1 is 1.20 bits per heavy atom. The van der Waals surface area contributed by atoms with Crippen LogP contribution < -0.4 is 0 Å². The summed E-state index contributed by atoms with van der Waals surface area (Å²) in [6.45, 7) is 1.61. The number of carbonyl (C=O) groups excluding carboxylic acids is 1. The average molecular weight is 400 g/mol. The summed E-state index contributed by atoms with van der Waals surface area (Å²) < 4.78 is 15.2. The molecule has 1 saturated heterocycles. The molecule has 2 bridgehead atoms. The van der Waals surface area contributed by atoms with Crippen LogP contribution in [0, 0.1) is 28.0 Å². The molecule has 30 heavy (non-hydrogen) atoms. The summed E-state index contributed by atoms with van der Waals surface area (Å²) in [6.07, 6.45) is 5.52. The number of carbonyl (C=O) groups is 1. The Kier molecular flexibility index (Phi) is 3.48. The van der Waals surface area contributed by atoms with Gasteiger partial charge in [-0.2, -0.15) is 10.4 Å². The third kappa shape index (κ3) is 2.38. The fourth-order valence-electron chi connectivity index (χ4n) is 5.96. The maximum absolute atomic E-state index is 13.2. The molecule has 3 aromatic rings. The van der Waals surface area contributed by atoms with Gasteiger partial charge < -0.3 is 4.90 Å². The molecule has 7 rings (SSSR count). The lowest BCUT2D eigenvalue weighted by Crippen LogP contribution is -2.70. The Morgan fingerprint density at radius 3 is 2.63 bits per heavy atom. The number of hydrogen-bond acceptors (Lipinski definition) is 3. The van der Waals surface area contributed by atoms with Gasteiger partial charge in [0.2, 0.25) is 5.91 Å². The van der Waals surface area contributed by atoms with Gasteiger partial charge in [0, 0.05) is 18.5 Å². The zero-order chi connectivity index (χ0) is 20.5. The minimum absolute atomic E-state index is 0.0902. The van der Waals surface area contributed by atoms with Crippen LogP contribution in [0.15, 0.2) is 48.7 Å². The van der Waals surface area contributed by atoms with Crippen molar-refractivity contribution in [2.24, 2.45) is 10.8 Å². The predicted octanol–water partition coefficient (Wildman–Crippen LogP) is 4.19. The van der Waals surface area contributed by atoms with Gasteiger partial charge in [-0.3, -0.25) is 9.48 Å². The summed E-state index contributed by atoms with van der Waals surface area (Å²) in [6, 6.07) is 14.4. The summed E-state index contributed by atoms with van der Waals surface area (Å²) in [4.78, 5) is 15.2. The van der Waals surface area contributed by atoms with Crippen LogP contribution in [0.2, 0.25) is 0 Å². The lowest BCUT2D eigenvalue weighted by atomic mass is 9.34. The van der Waals surface area contributed by atoms with Gasteiger partial charge in [-0.25, -0.2) is 4.39 Å². The van der Waals surface area contributed by atoms with E-state index in [1.54, 1.807) is 12.1 Å². The SMILES string of the molecule is N#Cc1ccc2c(cnn2CC23CC(C(=O)N4CCC4c4ccc(F)cc4)(C2)C3)c1. The van der Waals surface area contributed by atoms with E-state index in [0.29, 0.717) is 5.56 Å². The molecule has 3 aliphatic carbocycles. The second kappa shape index (κ2) is 5.91. The number of aromatic nitrogens is 2. The number of nitriles is 1. The van der Waals surface area contributed by atoms with E-state index in [1.165, 1.54) is 12.1 Å². The maximum Gasteiger partial charge on any atom is 0.229 e. The highest BCUT2D eigenvalue weighted by Gasteiger charge is 2.72. The normalized spacial score (nSPS) is 28.9. The first kappa shape index (κ1) is 17.6. The molecule has 0 spiro atoms. The van der Waals surface area contributed by atoms with E-state index in [4.69, 9.17) is 5.26 Å². The number of likely N-dealkylation sites (tertiary alicyclic amines) is 1. The quantitative estimate of drug-likeness (QED) is 0.660. The molecular formula is C24H21FN4O. The molecule has 4 fully saturated rings. The Morgan fingerprint density at radius 2 is 1.97 bits per heavy atom. The van der Waals surface area contributed by atoms with Crippen LogP contribution in [0.3, 0.4) is 0 Å². The summed E-state index contributed by atoms with van der Waals surface area (Å²) in [5.74, 6) is 0.0289. The molecule has 6 heteroatoms. The van der Waals surface area contributed by atoms with Gasteiger partial charge in [0.25, 0.3) is 0 Å². The van der Waals surface area contributed by atoms with E-state index in [9.17, 15) is 9.18 Å². The molecule has 3 saturated carbocycles. The summed E-state index contributed by atoms with van der Waals surface area (Å²) in [7, 11) is 0. The van der Waals surface area contributed by atoms with Crippen molar-refractivity contribution in [2.45, 2.75) is 38.3 Å². The molecule has 1 atom stereocenters. The van der Waals surface area contributed by atoms with Crippen molar-refractivity contribution in [3.8, 4) is 6.07 Å². The smallest absolute Gasteiger partial charge is 0.229 e. The van der Waals surface area contributed by atoms with Crippen LogP contribution >= 0.6 is 0 Å². The van der Waals surface area contributed by atoms with Crippen molar-refractivity contribution in [3.63, 3.8) is 0 Å². The predicted molar refractivity (Wildman–Crippen MR) is 109 cm³/mol. The molecule has 1 unspecified atom stereocenters. The Bertz CT molecular complexity index is 1200. The highest BCUT2D eigenvalue weighted by Crippen LogP contribution is 2.75. The Labute approximate surface area is 173 Å². The number of amides is 1. The molecule has 2 heterocycles. The lowest BCUT2D eigenvalue weighted by molar-refractivity contribution is -0.227. The zero-order valence-corrected chi connectivity index (χ0v) is 16.5. The average Bonchev–Trinajstić information content (AvgIpc) is 3.06. The minimum Gasteiger partial charge on any atom is -0.335 e. The lowest BCUT2D eigenvalue weighted by Gasteiger charge is -2.70. The number of halogens is 1. The van der Waals surface area contributed by atoms with Crippen molar-refractivity contribution in [2.75, 3.05) is 6.54 Å². The van der Waals surface area contributed by atoms with Crippen LogP contribution in [0.1, 0.15) is 42.9 Å². The molecule has 4 aliphatic rings. The van der Waals surface area contributed by atoms with Crippen molar-refractivity contribution in [3.05, 3.63) is 65.6 Å². The van der Waals surface area contributed by atoms with Gasteiger partial charge in [0.1, 0.15) is 5.82 Å². The second-order valence-electron chi connectivity index (χ2n) is 9.35. The van der Waals surface area contributed by atoms with E-state index >= 15 is 0 Å². The van der Waals surface area contributed by atoms with Gasteiger partial charge >= 0.3 is 0 Å². The fraction of sp³-hybridized carbons (Fsp3) is 0.375. The highest BCUT2D eigenvalue weighted by atomic mass is 19.1. The molecule has 0 radical (unpaired) electrons. The summed E-state index contributed by atoms with van der Waals surface area (Å²) in [5, 5.41) is 14.6. The highest BCUT2D eigenvalue weighted by molar-refractivity contribution is 5.87. The number of hydrogen-bond donors (Lipinski definition) is 0. The molecule has 1 amide bonds. The molecule has 2 aromatic carbocycles. The van der Waals surface area contributed by atoms with E-state index in [-0.39, 0.29) is 28.6 Å². The first-order chi connectivity index (χ1) is 14.5. The van der Waals surface area contributed by atoms with Crippen LogP contribution in [-0.4, -0.2) is 27.1 Å². The maximum atomic E-state index is 13.2. The molecular weight excluding hydrogens is 379 g/mol. The first-order valence-electron chi connectivity index (χ1n) is 10.4. The van der Waals surface area contributed by atoms with Gasteiger partial charge in [0.15, 0.2) is 0 Å². The minimum atomic E-state index is -0.243. The summed E-state index contributed by atoms with van der Waals surface area (Å²) >= 11 is 0. The third-order valence-electron chi connectivity index (χ3n) is 7.39. The van der Waals surface area contributed by atoms with E-state index in [0.717, 1.165) is 55.2 Å². The van der Waals surface area contributed by atoms with E-state index < -0.39 is 0 Å². The zero-order valence-electron chi connectivity index (χ0n) is 16.5. The van der Waals surface area contributed by atoms with Crippen LogP contribution in [0.25, 0.3) is 10.9 Å². The summed E-state index contributed by atoms with van der Waals surface area (Å²) in [5.41, 5.74) is 2.67. The third-order valence-corrected chi connectivity index (χ3v) is 7.39. The fourth-order valence-corrected chi connectivity index (χ4v) is 5.96. The van der Waals surface area contributed by atoms with Gasteiger partial charge in [-0.05, 0) is 67.0 Å². The topological polar surface area (TPSA) is 61.9 Å². The Hall–Kier alpha value is -3.20. The van der Waals surface area contributed by atoms with Crippen molar-refractivity contribution < 1.29 is 9.18 Å². The van der Waals surface area contributed by atoms with E-state index in [2.05, 4.69) is 11.2 Å². The molecule has 0 N–H and O–H groups in total. The second-order valence-corrected chi connectivity index (χ2v) is 9.35. The number of rotatable bonds is 4.